The molecule has 2 fully saturated rings. The Labute approximate surface area is 97.8 Å². The Balaban J connectivity index is 1.89. The highest BCUT2D eigenvalue weighted by Gasteiger charge is 2.29. The molecule has 1 saturated carbocycles. The van der Waals surface area contributed by atoms with Crippen molar-refractivity contribution >= 4 is 5.78 Å². The van der Waals surface area contributed by atoms with Gasteiger partial charge in [-0.05, 0) is 32.2 Å². The number of carbonyl (C=O) groups excluding carboxylic acids is 1. The zero-order chi connectivity index (χ0) is 11.4. The molecule has 0 spiro atoms. The van der Waals surface area contributed by atoms with Crippen molar-refractivity contribution in [3.63, 3.8) is 0 Å². The van der Waals surface area contributed by atoms with Crippen LogP contribution in [0.1, 0.15) is 44.9 Å². The number of carbonyl (C=O) groups is 1. The van der Waals surface area contributed by atoms with Crippen molar-refractivity contribution in [2.75, 3.05) is 19.7 Å². The number of rotatable bonds is 3. The quantitative estimate of drug-likeness (QED) is 0.742. The number of Topliss-reactive ketones (excluding diaryl/α,β-unsaturated/α-hetero) is 1. The van der Waals surface area contributed by atoms with Crippen molar-refractivity contribution in [3.8, 4) is 0 Å². The minimum atomic E-state index is 0.245. The second-order valence-corrected chi connectivity index (χ2v) is 5.24. The predicted molar refractivity (Wildman–Crippen MR) is 63.3 cm³/mol. The molecule has 3 nitrogen and oxygen atoms in total. The molecule has 0 aromatic carbocycles. The molecule has 16 heavy (non-hydrogen) atoms. The van der Waals surface area contributed by atoms with Gasteiger partial charge in [0.25, 0.3) is 0 Å². The fourth-order valence-corrected chi connectivity index (χ4v) is 3.05. The zero-order valence-electron chi connectivity index (χ0n) is 10.0. The highest BCUT2D eigenvalue weighted by Crippen LogP contribution is 2.24. The van der Waals surface area contributed by atoms with Crippen molar-refractivity contribution in [3.05, 3.63) is 0 Å². The first-order valence-corrected chi connectivity index (χ1v) is 6.69. The van der Waals surface area contributed by atoms with Crippen LogP contribution in [0, 0.1) is 5.92 Å². The molecule has 0 unspecified atom stereocenters. The molecule has 1 saturated heterocycles. The summed E-state index contributed by atoms with van der Waals surface area (Å²) in [5, 5.41) is 9.26. The normalized spacial score (nSPS) is 32.9. The third kappa shape index (κ3) is 2.83. The Hall–Kier alpha value is -0.410. The fourth-order valence-electron chi connectivity index (χ4n) is 3.05. The van der Waals surface area contributed by atoms with Crippen LogP contribution in [0.15, 0.2) is 0 Å². The van der Waals surface area contributed by atoms with Crippen LogP contribution in [0.3, 0.4) is 0 Å². The maximum absolute atomic E-state index is 11.9. The topological polar surface area (TPSA) is 40.5 Å². The average molecular weight is 225 g/mol. The van der Waals surface area contributed by atoms with Crippen molar-refractivity contribution in [2.45, 2.75) is 51.0 Å². The predicted octanol–water partition coefficient (Wildman–Crippen LogP) is 1.59. The highest BCUT2D eigenvalue weighted by atomic mass is 16.3. The molecule has 2 rings (SSSR count). The number of hydrogen-bond acceptors (Lipinski definition) is 3. The van der Waals surface area contributed by atoms with E-state index in [2.05, 4.69) is 4.90 Å². The minimum Gasteiger partial charge on any atom is -0.395 e. The van der Waals surface area contributed by atoms with Crippen molar-refractivity contribution < 1.29 is 9.90 Å². The lowest BCUT2D eigenvalue weighted by Gasteiger charge is -2.26. The lowest BCUT2D eigenvalue weighted by Crippen LogP contribution is -2.38. The molecule has 2 aliphatic rings. The van der Waals surface area contributed by atoms with E-state index >= 15 is 0 Å². The van der Waals surface area contributed by atoms with Crippen molar-refractivity contribution in [1.29, 1.82) is 0 Å². The van der Waals surface area contributed by atoms with Gasteiger partial charge in [0.2, 0.25) is 0 Å². The molecule has 2 atom stereocenters. The largest absolute Gasteiger partial charge is 0.395 e. The summed E-state index contributed by atoms with van der Waals surface area (Å²) in [5.74, 6) is 0.704. The molecule has 92 valence electrons. The van der Waals surface area contributed by atoms with Gasteiger partial charge in [-0.1, -0.05) is 12.8 Å². The van der Waals surface area contributed by atoms with Gasteiger partial charge in [0.15, 0.2) is 0 Å². The molecule has 3 heteroatoms. The average Bonchev–Trinajstić information content (AvgIpc) is 2.64. The first-order chi connectivity index (χ1) is 7.81. The van der Waals surface area contributed by atoms with Gasteiger partial charge in [0.1, 0.15) is 5.78 Å². The second-order valence-electron chi connectivity index (χ2n) is 5.24. The molecule has 0 bridgehead atoms. The molecule has 0 amide bonds. The van der Waals surface area contributed by atoms with E-state index in [-0.39, 0.29) is 12.5 Å². The van der Waals surface area contributed by atoms with Gasteiger partial charge in [-0.3, -0.25) is 9.69 Å². The van der Waals surface area contributed by atoms with Crippen LogP contribution in [0.25, 0.3) is 0 Å². The lowest BCUT2D eigenvalue weighted by atomic mass is 9.98. The molecule has 1 N–H and O–H groups in total. The van der Waals surface area contributed by atoms with Gasteiger partial charge in [0, 0.05) is 24.9 Å². The maximum atomic E-state index is 11.9. The Morgan fingerprint density at radius 2 is 2.06 bits per heavy atom. The van der Waals surface area contributed by atoms with Crippen LogP contribution in [0.2, 0.25) is 0 Å². The summed E-state index contributed by atoms with van der Waals surface area (Å²) >= 11 is 0. The summed E-state index contributed by atoms with van der Waals surface area (Å²) in [7, 11) is 0. The number of ketones is 1. The van der Waals surface area contributed by atoms with E-state index < -0.39 is 0 Å². The number of hydrogen-bond donors (Lipinski definition) is 1. The molecule has 1 aliphatic heterocycles. The summed E-state index contributed by atoms with van der Waals surface area (Å²) in [4.78, 5) is 14.2. The van der Waals surface area contributed by atoms with Gasteiger partial charge in [-0.15, -0.1) is 0 Å². The van der Waals surface area contributed by atoms with Crippen molar-refractivity contribution in [1.82, 2.24) is 4.90 Å². The van der Waals surface area contributed by atoms with Crippen LogP contribution >= 0.6 is 0 Å². The van der Waals surface area contributed by atoms with Gasteiger partial charge in [-0.25, -0.2) is 0 Å². The van der Waals surface area contributed by atoms with Crippen LogP contribution in [-0.4, -0.2) is 41.5 Å². The number of aliphatic hydroxyl groups excluding tert-OH is 1. The summed E-state index contributed by atoms with van der Waals surface area (Å²) in [6.45, 7) is 2.21. The Kier molecular flexibility index (Phi) is 4.36. The molecule has 0 aromatic rings. The number of nitrogens with zero attached hydrogens (tertiary/aromatic N) is 1. The minimum absolute atomic E-state index is 0.245. The standard InChI is InChI=1S/C13H23NO2/c15-10-12-6-4-8-14(12)9-11-5-2-1-3-7-13(11)16/h11-12,15H,1-10H2/t11-,12-/m1/s1. The van der Waals surface area contributed by atoms with E-state index in [1.54, 1.807) is 0 Å². The smallest absolute Gasteiger partial charge is 0.137 e. The monoisotopic (exact) mass is 225 g/mol. The highest BCUT2D eigenvalue weighted by molar-refractivity contribution is 5.81. The summed E-state index contributed by atoms with van der Waals surface area (Å²) in [6, 6.07) is 0.316. The summed E-state index contributed by atoms with van der Waals surface area (Å²) in [6.07, 6.45) is 7.61. The fraction of sp³-hybridized carbons (Fsp3) is 0.923. The number of likely N-dealkylation sites (tertiary alicyclic amines) is 1. The van der Waals surface area contributed by atoms with E-state index in [4.69, 9.17) is 0 Å². The Bertz CT molecular complexity index is 242. The van der Waals surface area contributed by atoms with Gasteiger partial charge in [-0.2, -0.15) is 0 Å². The van der Waals surface area contributed by atoms with Crippen molar-refractivity contribution in [2.24, 2.45) is 5.92 Å². The van der Waals surface area contributed by atoms with E-state index in [9.17, 15) is 9.90 Å². The van der Waals surface area contributed by atoms with Gasteiger partial charge >= 0.3 is 0 Å². The molecular formula is C13H23NO2. The Morgan fingerprint density at radius 3 is 2.88 bits per heavy atom. The van der Waals surface area contributed by atoms with E-state index in [0.29, 0.717) is 11.8 Å². The van der Waals surface area contributed by atoms with Gasteiger partial charge in [0.05, 0.1) is 6.61 Å². The van der Waals surface area contributed by atoms with Crippen LogP contribution < -0.4 is 0 Å². The molecular weight excluding hydrogens is 202 g/mol. The molecule has 0 aromatic heterocycles. The Morgan fingerprint density at radius 1 is 1.19 bits per heavy atom. The van der Waals surface area contributed by atoms with E-state index in [1.807, 2.05) is 0 Å². The lowest BCUT2D eigenvalue weighted by molar-refractivity contribution is -0.123. The van der Waals surface area contributed by atoms with Gasteiger partial charge < -0.3 is 5.11 Å². The van der Waals surface area contributed by atoms with Crippen LogP contribution in [-0.2, 0) is 4.79 Å². The van der Waals surface area contributed by atoms with Crippen LogP contribution in [0.5, 0.6) is 0 Å². The second kappa shape index (κ2) is 5.78. The summed E-state index contributed by atoms with van der Waals surface area (Å²) < 4.78 is 0. The summed E-state index contributed by atoms with van der Waals surface area (Å²) in [5.41, 5.74) is 0. The first kappa shape index (κ1) is 12.1. The zero-order valence-corrected chi connectivity index (χ0v) is 10.0. The SMILES string of the molecule is O=C1CCCCC[C@@H]1CN1CCC[C@@H]1CO. The van der Waals surface area contributed by atoms with E-state index in [1.165, 1.54) is 19.3 Å². The van der Waals surface area contributed by atoms with Crippen LogP contribution in [0.4, 0.5) is 0 Å². The third-order valence-electron chi connectivity index (χ3n) is 4.10. The van der Waals surface area contributed by atoms with E-state index in [0.717, 1.165) is 38.8 Å². The molecule has 0 radical (unpaired) electrons. The first-order valence-electron chi connectivity index (χ1n) is 6.69. The molecule has 1 heterocycles. The number of aliphatic hydroxyl groups is 1. The molecule has 1 aliphatic carbocycles. The third-order valence-corrected chi connectivity index (χ3v) is 4.10. The maximum Gasteiger partial charge on any atom is 0.137 e.